The number of hydrogen-bond acceptors (Lipinski definition) is 5. The average molecular weight is 456 g/mol. The molecule has 0 aromatic heterocycles. The number of carboxylic acids is 2. The number of carbonyl (C=O) groups excluding carboxylic acids is 2. The molecule has 0 saturated carbocycles. The van der Waals surface area contributed by atoms with E-state index in [2.05, 4.69) is 10.6 Å². The van der Waals surface area contributed by atoms with Gasteiger partial charge in [0.2, 0.25) is 5.91 Å². The van der Waals surface area contributed by atoms with E-state index in [1.165, 1.54) is 6.92 Å². The van der Waals surface area contributed by atoms with Gasteiger partial charge in [0.1, 0.15) is 12.1 Å². The number of benzene rings is 2. The number of amides is 2. The van der Waals surface area contributed by atoms with Gasteiger partial charge >= 0.3 is 18.0 Å². The lowest BCUT2D eigenvalue weighted by Crippen LogP contribution is -2.50. The molecule has 33 heavy (non-hydrogen) atoms. The van der Waals surface area contributed by atoms with E-state index in [9.17, 15) is 19.2 Å². The fourth-order valence-corrected chi connectivity index (χ4v) is 3.04. The van der Waals surface area contributed by atoms with Crippen LogP contribution in [0.15, 0.2) is 54.6 Å². The summed E-state index contributed by atoms with van der Waals surface area (Å²) in [6.07, 6.45) is -1.50. The van der Waals surface area contributed by atoms with Gasteiger partial charge in [-0.3, -0.25) is 9.59 Å². The Balaban J connectivity index is 1.81. The maximum atomic E-state index is 12.2. The van der Waals surface area contributed by atoms with Crippen molar-refractivity contribution in [1.29, 1.82) is 0 Å². The third kappa shape index (κ3) is 8.29. The number of carboxylic acid groups (broad SMARTS) is 2. The van der Waals surface area contributed by atoms with Crippen molar-refractivity contribution in [3.8, 4) is 11.1 Å². The number of alkyl carbamates (subject to hydrolysis) is 1. The fourth-order valence-electron chi connectivity index (χ4n) is 3.04. The Morgan fingerprint density at radius 1 is 0.879 bits per heavy atom. The predicted octanol–water partition coefficient (Wildman–Crippen LogP) is 3.01. The summed E-state index contributed by atoms with van der Waals surface area (Å²) in [4.78, 5) is 46.0. The molecule has 9 heteroatoms. The van der Waals surface area contributed by atoms with Gasteiger partial charge in [-0.1, -0.05) is 61.5 Å². The van der Waals surface area contributed by atoms with Crippen LogP contribution in [0.4, 0.5) is 4.79 Å². The first-order chi connectivity index (χ1) is 15.7. The molecule has 2 amide bonds. The summed E-state index contributed by atoms with van der Waals surface area (Å²) in [5.41, 5.74) is 3.16. The monoisotopic (exact) mass is 456 g/mol. The molecule has 4 N–H and O–H groups in total. The smallest absolute Gasteiger partial charge is 0.407 e. The first-order valence-corrected chi connectivity index (χ1v) is 10.5. The minimum Gasteiger partial charge on any atom is -0.481 e. The van der Waals surface area contributed by atoms with E-state index in [1.54, 1.807) is 0 Å². The summed E-state index contributed by atoms with van der Waals surface area (Å²) in [6, 6.07) is 15.4. The molecule has 176 valence electrons. The second kappa shape index (κ2) is 12.2. The van der Waals surface area contributed by atoms with Crippen molar-refractivity contribution in [1.82, 2.24) is 10.6 Å². The molecule has 0 fully saturated rings. The Hall–Kier alpha value is -3.88. The number of rotatable bonds is 11. The first kappa shape index (κ1) is 25.4. The van der Waals surface area contributed by atoms with E-state index in [1.807, 2.05) is 61.5 Å². The van der Waals surface area contributed by atoms with E-state index in [4.69, 9.17) is 14.9 Å². The zero-order valence-electron chi connectivity index (χ0n) is 18.5. The molecule has 0 aliphatic heterocycles. The van der Waals surface area contributed by atoms with Gasteiger partial charge in [0.25, 0.3) is 0 Å². The van der Waals surface area contributed by atoms with Crippen molar-refractivity contribution in [3.63, 3.8) is 0 Å². The van der Waals surface area contributed by atoms with Crippen LogP contribution in [0.1, 0.15) is 38.2 Å². The average Bonchev–Trinajstić information content (AvgIpc) is 2.80. The zero-order chi connectivity index (χ0) is 24.4. The summed E-state index contributed by atoms with van der Waals surface area (Å²) in [7, 11) is 0. The fraction of sp³-hybridized carbons (Fsp3) is 0.333. The highest BCUT2D eigenvalue weighted by Crippen LogP contribution is 2.22. The molecule has 9 nitrogen and oxygen atoms in total. The molecule has 0 spiro atoms. The van der Waals surface area contributed by atoms with Crippen LogP contribution in [0.3, 0.4) is 0 Å². The highest BCUT2D eigenvalue weighted by atomic mass is 16.5. The second-order valence-electron chi connectivity index (χ2n) is 7.69. The van der Waals surface area contributed by atoms with E-state index in [0.717, 1.165) is 16.7 Å². The molecular formula is C24H28N2O7. The zero-order valence-corrected chi connectivity index (χ0v) is 18.5. The number of hydrogen-bond donors (Lipinski definition) is 4. The van der Waals surface area contributed by atoms with Crippen LogP contribution < -0.4 is 10.6 Å². The van der Waals surface area contributed by atoms with E-state index in [-0.39, 0.29) is 18.9 Å². The van der Waals surface area contributed by atoms with Gasteiger partial charge in [0, 0.05) is 12.3 Å². The molecule has 0 heterocycles. The summed E-state index contributed by atoms with van der Waals surface area (Å²) in [5, 5.41) is 22.4. The predicted molar refractivity (Wildman–Crippen MR) is 121 cm³/mol. The Morgan fingerprint density at radius 3 is 2.06 bits per heavy atom. The maximum Gasteiger partial charge on any atom is 0.407 e. The van der Waals surface area contributed by atoms with E-state index < -0.39 is 42.4 Å². The normalized spacial score (nSPS) is 13.3. The number of ether oxygens (including phenoxy) is 1. The lowest BCUT2D eigenvalue weighted by Gasteiger charge is -2.19. The molecule has 1 unspecified atom stereocenters. The Labute approximate surface area is 191 Å². The van der Waals surface area contributed by atoms with Crippen LogP contribution in [0.2, 0.25) is 0 Å². The van der Waals surface area contributed by atoms with E-state index >= 15 is 0 Å². The van der Waals surface area contributed by atoms with Gasteiger partial charge < -0.3 is 25.6 Å². The van der Waals surface area contributed by atoms with Gasteiger partial charge in [-0.25, -0.2) is 9.59 Å². The van der Waals surface area contributed by atoms with Crippen molar-refractivity contribution in [2.45, 2.75) is 44.7 Å². The van der Waals surface area contributed by atoms with Gasteiger partial charge in [0.15, 0.2) is 0 Å². The minimum atomic E-state index is -1.37. The van der Waals surface area contributed by atoms with Crippen molar-refractivity contribution < 1.29 is 34.1 Å². The maximum absolute atomic E-state index is 12.2. The van der Waals surface area contributed by atoms with Crippen LogP contribution in [0, 0.1) is 0 Å². The summed E-state index contributed by atoms with van der Waals surface area (Å²) in [5.74, 6) is -3.37. The van der Waals surface area contributed by atoms with Crippen molar-refractivity contribution in [2.24, 2.45) is 0 Å². The molecule has 2 aromatic rings. The molecule has 2 aromatic carbocycles. The van der Waals surface area contributed by atoms with Crippen LogP contribution in [0.25, 0.3) is 11.1 Å². The molecule has 3 atom stereocenters. The van der Waals surface area contributed by atoms with Crippen molar-refractivity contribution in [3.05, 3.63) is 60.2 Å². The SMILES string of the molecule is CC(COC(=O)N[C@@H](C)C(=O)N[C@H](CCC(=O)O)C(=O)O)c1ccc(-c2ccccc2)cc1. The summed E-state index contributed by atoms with van der Waals surface area (Å²) >= 11 is 0. The molecule has 0 aliphatic carbocycles. The quantitative estimate of drug-likeness (QED) is 0.407. The van der Waals surface area contributed by atoms with Gasteiger partial charge in [-0.2, -0.15) is 0 Å². The highest BCUT2D eigenvalue weighted by Gasteiger charge is 2.25. The minimum absolute atomic E-state index is 0.0845. The third-order valence-electron chi connectivity index (χ3n) is 5.04. The molecule has 0 aliphatic rings. The van der Waals surface area contributed by atoms with Crippen LogP contribution in [0.5, 0.6) is 0 Å². The Kier molecular flexibility index (Phi) is 9.41. The Bertz CT molecular complexity index is 961. The van der Waals surface area contributed by atoms with Crippen LogP contribution in [-0.4, -0.2) is 52.8 Å². The molecule has 2 rings (SSSR count). The first-order valence-electron chi connectivity index (χ1n) is 10.5. The second-order valence-corrected chi connectivity index (χ2v) is 7.69. The largest absolute Gasteiger partial charge is 0.481 e. The molecular weight excluding hydrogens is 428 g/mol. The van der Waals surface area contributed by atoms with Crippen molar-refractivity contribution >= 4 is 23.9 Å². The van der Waals surface area contributed by atoms with Gasteiger partial charge in [-0.15, -0.1) is 0 Å². The topological polar surface area (TPSA) is 142 Å². The number of aliphatic carboxylic acids is 2. The van der Waals surface area contributed by atoms with Gasteiger partial charge in [-0.05, 0) is 30.0 Å². The van der Waals surface area contributed by atoms with E-state index in [0.29, 0.717) is 0 Å². The van der Waals surface area contributed by atoms with Crippen LogP contribution >= 0.6 is 0 Å². The lowest BCUT2D eigenvalue weighted by atomic mass is 9.98. The Morgan fingerprint density at radius 2 is 1.48 bits per heavy atom. The molecule has 0 bridgehead atoms. The lowest BCUT2D eigenvalue weighted by molar-refractivity contribution is -0.143. The highest BCUT2D eigenvalue weighted by molar-refractivity contribution is 5.89. The summed E-state index contributed by atoms with van der Waals surface area (Å²) < 4.78 is 5.20. The molecule has 0 saturated heterocycles. The number of nitrogens with one attached hydrogen (secondary N) is 2. The standard InChI is InChI=1S/C24H28N2O7/c1-15(17-8-10-19(11-9-17)18-6-4-3-5-7-18)14-33-24(32)25-16(2)22(29)26-20(23(30)31)12-13-21(27)28/h3-11,15-16,20H,12-14H2,1-2H3,(H,25,32)(H,26,29)(H,27,28)(H,30,31)/t15?,16-,20+/m0/s1. The van der Waals surface area contributed by atoms with Gasteiger partial charge in [0.05, 0.1) is 6.61 Å². The van der Waals surface area contributed by atoms with Crippen molar-refractivity contribution in [2.75, 3.05) is 6.61 Å². The number of carbonyl (C=O) groups is 4. The summed E-state index contributed by atoms with van der Waals surface area (Å²) in [6.45, 7) is 3.36. The third-order valence-corrected chi connectivity index (χ3v) is 5.04. The van der Waals surface area contributed by atoms with Crippen LogP contribution in [-0.2, 0) is 19.1 Å². The molecule has 0 radical (unpaired) electrons.